The van der Waals surface area contributed by atoms with Crippen LogP contribution in [0.5, 0.6) is 5.75 Å². The van der Waals surface area contributed by atoms with Crippen LogP contribution < -0.4 is 9.64 Å². The van der Waals surface area contributed by atoms with Gasteiger partial charge in [0.2, 0.25) is 5.91 Å². The van der Waals surface area contributed by atoms with E-state index in [1.165, 1.54) is 11.6 Å². The van der Waals surface area contributed by atoms with Gasteiger partial charge in [0.1, 0.15) is 12.3 Å². The Balaban J connectivity index is 0.00000187. The summed E-state index contributed by atoms with van der Waals surface area (Å²) < 4.78 is 46.3. The maximum atomic E-state index is 13.3. The highest BCUT2D eigenvalue weighted by Gasteiger charge is 2.38. The smallest absolute Gasteiger partial charge is 0.435 e. The van der Waals surface area contributed by atoms with Gasteiger partial charge in [0.15, 0.2) is 5.69 Å². The van der Waals surface area contributed by atoms with Crippen molar-refractivity contribution >= 4 is 23.2 Å². The van der Waals surface area contributed by atoms with Crippen molar-refractivity contribution in [1.82, 2.24) is 14.7 Å². The van der Waals surface area contributed by atoms with E-state index in [4.69, 9.17) is 16.3 Å². The van der Waals surface area contributed by atoms with Gasteiger partial charge in [-0.3, -0.25) is 9.48 Å². The fourth-order valence-corrected chi connectivity index (χ4v) is 4.17. The third-order valence-corrected chi connectivity index (χ3v) is 5.78. The lowest BCUT2D eigenvalue weighted by Gasteiger charge is -2.36. The van der Waals surface area contributed by atoms with E-state index in [0.717, 1.165) is 5.69 Å². The van der Waals surface area contributed by atoms with E-state index in [-0.39, 0.29) is 23.9 Å². The molecule has 1 aromatic heterocycles. The quantitative estimate of drug-likeness (QED) is 0.567. The van der Waals surface area contributed by atoms with E-state index < -0.39 is 11.9 Å². The van der Waals surface area contributed by atoms with Gasteiger partial charge in [0.25, 0.3) is 0 Å². The molecule has 1 aromatic carbocycles. The Labute approximate surface area is 198 Å². The third-order valence-electron chi connectivity index (χ3n) is 5.47. The Morgan fingerprint density at radius 3 is 2.30 bits per heavy atom. The van der Waals surface area contributed by atoms with Gasteiger partial charge >= 0.3 is 6.18 Å². The monoisotopic (exact) mass is 488 g/mol. The number of amides is 1. The molecule has 0 saturated carbocycles. The number of piperazine rings is 1. The molecule has 0 unspecified atom stereocenters. The topological polar surface area (TPSA) is 50.6 Å². The predicted octanol–water partition coefficient (Wildman–Crippen LogP) is 5.37. The minimum absolute atomic E-state index is 0.0804. The number of carbonyl (C=O) groups is 1. The van der Waals surface area contributed by atoms with E-state index in [2.05, 4.69) is 10.00 Å². The second-order valence-electron chi connectivity index (χ2n) is 7.86. The zero-order valence-electron chi connectivity index (χ0n) is 20.0. The van der Waals surface area contributed by atoms with E-state index in [1.807, 2.05) is 26.0 Å². The number of anilines is 1. The molecule has 33 heavy (non-hydrogen) atoms. The van der Waals surface area contributed by atoms with Crippen LogP contribution >= 0.6 is 11.6 Å². The molecular formula is C23H32ClF3N4O2. The molecule has 2 aromatic rings. The molecule has 2 heterocycles. The van der Waals surface area contributed by atoms with Crippen LogP contribution in [0.25, 0.3) is 0 Å². The number of halogens is 4. The van der Waals surface area contributed by atoms with Gasteiger partial charge < -0.3 is 14.5 Å². The van der Waals surface area contributed by atoms with E-state index in [9.17, 15) is 18.0 Å². The third kappa shape index (κ3) is 6.13. The van der Waals surface area contributed by atoms with Crippen molar-refractivity contribution in [1.29, 1.82) is 0 Å². The highest BCUT2D eigenvalue weighted by molar-refractivity contribution is 6.32. The fraction of sp³-hybridized carbons (Fsp3) is 0.565. The summed E-state index contributed by atoms with van der Waals surface area (Å²) in [6.07, 6.45) is -4.55. The molecule has 184 valence electrons. The molecular weight excluding hydrogens is 457 g/mol. The van der Waals surface area contributed by atoms with Crippen LogP contribution in [0, 0.1) is 6.92 Å². The van der Waals surface area contributed by atoms with Crippen LogP contribution in [-0.4, -0.2) is 53.9 Å². The Hall–Kier alpha value is -2.42. The fourth-order valence-electron chi connectivity index (χ4n) is 3.97. The summed E-state index contributed by atoms with van der Waals surface area (Å²) in [5.41, 5.74) is 0.530. The minimum atomic E-state index is -4.55. The summed E-state index contributed by atoms with van der Waals surface area (Å²) in [7, 11) is 1.55. The predicted molar refractivity (Wildman–Crippen MR) is 124 cm³/mol. The standard InChI is InChI=1S/C21H26ClF3N4O2.C2H6/c1-13(2)19-14(3)20(21(23,24)25)26-29(19)12-18(30)28-9-7-27(8-10-28)15-5-6-16(22)17(11-15)31-4;1-2/h5-6,11,13H,7-10,12H2,1-4H3;1-2H3. The molecule has 0 atom stereocenters. The number of benzene rings is 1. The molecule has 6 nitrogen and oxygen atoms in total. The molecule has 0 bridgehead atoms. The number of rotatable bonds is 5. The molecule has 0 spiro atoms. The average Bonchev–Trinajstić information content (AvgIpc) is 3.12. The molecule has 1 saturated heterocycles. The van der Waals surface area contributed by atoms with Gasteiger partial charge in [-0.15, -0.1) is 0 Å². The van der Waals surface area contributed by atoms with Gasteiger partial charge in [0, 0.05) is 49.2 Å². The lowest BCUT2D eigenvalue weighted by molar-refractivity contribution is -0.142. The molecule has 1 fully saturated rings. The molecule has 0 radical (unpaired) electrons. The molecule has 1 aliphatic heterocycles. The summed E-state index contributed by atoms with van der Waals surface area (Å²) in [5, 5.41) is 4.26. The van der Waals surface area contributed by atoms with Crippen molar-refractivity contribution in [3.63, 3.8) is 0 Å². The highest BCUT2D eigenvalue weighted by Crippen LogP contribution is 2.34. The summed E-state index contributed by atoms with van der Waals surface area (Å²) in [6.45, 7) is 10.9. The maximum absolute atomic E-state index is 13.3. The zero-order chi connectivity index (χ0) is 24.9. The van der Waals surface area contributed by atoms with Gasteiger partial charge in [-0.05, 0) is 25.0 Å². The van der Waals surface area contributed by atoms with Crippen molar-refractivity contribution < 1.29 is 22.7 Å². The first-order valence-corrected chi connectivity index (χ1v) is 11.4. The van der Waals surface area contributed by atoms with Crippen LogP contribution in [0.1, 0.15) is 50.6 Å². The highest BCUT2D eigenvalue weighted by atomic mass is 35.5. The zero-order valence-corrected chi connectivity index (χ0v) is 20.7. The minimum Gasteiger partial charge on any atom is -0.495 e. The lowest BCUT2D eigenvalue weighted by atomic mass is 10.0. The summed E-state index contributed by atoms with van der Waals surface area (Å²) in [6, 6.07) is 5.50. The molecule has 0 aliphatic carbocycles. The molecule has 3 rings (SSSR count). The second kappa shape index (κ2) is 11.1. The normalized spacial score (nSPS) is 14.3. The van der Waals surface area contributed by atoms with Crippen molar-refractivity contribution in [3.05, 3.63) is 40.2 Å². The number of nitrogens with zero attached hydrogens (tertiary/aromatic N) is 4. The average molecular weight is 489 g/mol. The Morgan fingerprint density at radius 2 is 1.79 bits per heavy atom. The Kier molecular flexibility index (Phi) is 9.05. The summed E-state index contributed by atoms with van der Waals surface area (Å²) in [4.78, 5) is 16.6. The van der Waals surface area contributed by atoms with Crippen LogP contribution in [0.3, 0.4) is 0 Å². The SMILES string of the molecule is CC.COc1cc(N2CCN(C(=O)Cn3nc(C(F)(F)F)c(C)c3C(C)C)CC2)ccc1Cl. The van der Waals surface area contributed by atoms with Gasteiger partial charge in [-0.2, -0.15) is 18.3 Å². The maximum Gasteiger partial charge on any atom is 0.435 e. The van der Waals surface area contributed by atoms with E-state index >= 15 is 0 Å². The Morgan fingerprint density at radius 1 is 1.18 bits per heavy atom. The van der Waals surface area contributed by atoms with Crippen molar-refractivity contribution in [2.75, 3.05) is 38.2 Å². The number of hydrogen-bond donors (Lipinski definition) is 0. The second-order valence-corrected chi connectivity index (χ2v) is 8.26. The molecule has 10 heteroatoms. The van der Waals surface area contributed by atoms with Crippen LogP contribution in [0.15, 0.2) is 18.2 Å². The van der Waals surface area contributed by atoms with Crippen molar-refractivity contribution in [3.8, 4) is 5.75 Å². The number of carbonyl (C=O) groups excluding carboxylic acids is 1. The number of alkyl halides is 3. The summed E-state index contributed by atoms with van der Waals surface area (Å²) >= 11 is 6.08. The molecule has 1 amide bonds. The van der Waals surface area contributed by atoms with E-state index in [1.54, 1.807) is 31.9 Å². The van der Waals surface area contributed by atoms with Crippen LogP contribution in [0.4, 0.5) is 18.9 Å². The van der Waals surface area contributed by atoms with Crippen LogP contribution in [0.2, 0.25) is 5.02 Å². The summed E-state index contributed by atoms with van der Waals surface area (Å²) in [5.74, 6) is 0.146. The number of methoxy groups -OCH3 is 1. The largest absolute Gasteiger partial charge is 0.495 e. The first-order chi connectivity index (χ1) is 15.5. The van der Waals surface area contributed by atoms with Crippen molar-refractivity contribution in [2.45, 2.75) is 53.3 Å². The van der Waals surface area contributed by atoms with Crippen LogP contribution in [-0.2, 0) is 17.5 Å². The Bertz CT molecular complexity index is 952. The molecule has 1 aliphatic rings. The lowest BCUT2D eigenvalue weighted by Crippen LogP contribution is -2.49. The van der Waals surface area contributed by atoms with Gasteiger partial charge in [-0.25, -0.2) is 0 Å². The number of hydrogen-bond acceptors (Lipinski definition) is 4. The van der Waals surface area contributed by atoms with Crippen molar-refractivity contribution in [2.24, 2.45) is 0 Å². The first-order valence-electron chi connectivity index (χ1n) is 11.0. The first kappa shape index (κ1) is 26.8. The van der Waals surface area contributed by atoms with E-state index in [0.29, 0.717) is 42.6 Å². The van der Waals surface area contributed by atoms with Gasteiger partial charge in [0.05, 0.1) is 12.1 Å². The number of ether oxygens (including phenoxy) is 1. The molecule has 0 N–H and O–H groups in total. The number of aromatic nitrogens is 2. The van der Waals surface area contributed by atoms with Gasteiger partial charge in [-0.1, -0.05) is 39.3 Å².